The van der Waals surface area contributed by atoms with Crippen LogP contribution >= 0.6 is 24.8 Å². The van der Waals surface area contributed by atoms with Gasteiger partial charge in [0, 0.05) is 51.3 Å². The maximum Gasteiger partial charge on any atom is 0.203 e. The van der Waals surface area contributed by atoms with Gasteiger partial charge in [0.15, 0.2) is 17.3 Å². The van der Waals surface area contributed by atoms with E-state index in [9.17, 15) is 4.79 Å². The number of carbonyl (C=O) groups excluding carboxylic acids is 1. The lowest BCUT2D eigenvalue weighted by Crippen LogP contribution is -2.46. The molecule has 0 atom stereocenters. The maximum absolute atomic E-state index is 12.8. The largest absolute Gasteiger partial charge is 0.493 e. The van der Waals surface area contributed by atoms with Crippen molar-refractivity contribution in [3.05, 3.63) is 53.1 Å². The summed E-state index contributed by atoms with van der Waals surface area (Å²) in [4.78, 5) is 17.6. The van der Waals surface area contributed by atoms with E-state index in [1.165, 1.54) is 11.1 Å². The van der Waals surface area contributed by atoms with E-state index in [0.717, 1.165) is 39.3 Å². The van der Waals surface area contributed by atoms with Crippen LogP contribution in [0.25, 0.3) is 0 Å². The van der Waals surface area contributed by atoms with Crippen molar-refractivity contribution in [2.45, 2.75) is 19.9 Å². The van der Waals surface area contributed by atoms with E-state index < -0.39 is 0 Å². The number of rotatable bonds is 9. The van der Waals surface area contributed by atoms with Crippen LogP contribution in [-0.4, -0.2) is 69.6 Å². The van der Waals surface area contributed by atoms with E-state index in [1.807, 2.05) is 0 Å². The first kappa shape index (κ1) is 28.0. The summed E-state index contributed by atoms with van der Waals surface area (Å²) in [5.41, 5.74) is 3.23. The van der Waals surface area contributed by atoms with Crippen LogP contribution in [0.15, 0.2) is 36.4 Å². The molecule has 0 saturated carbocycles. The summed E-state index contributed by atoms with van der Waals surface area (Å²) < 4.78 is 16.0. The lowest BCUT2D eigenvalue weighted by atomic mass is 10.1. The summed E-state index contributed by atoms with van der Waals surface area (Å²) in [6, 6.07) is 12.2. The van der Waals surface area contributed by atoms with Crippen LogP contribution < -0.4 is 14.2 Å². The van der Waals surface area contributed by atoms with Gasteiger partial charge in [0.25, 0.3) is 0 Å². The molecule has 1 aliphatic heterocycles. The molecule has 178 valence electrons. The number of hydrogen-bond acceptors (Lipinski definition) is 6. The summed E-state index contributed by atoms with van der Waals surface area (Å²) in [5.74, 6) is 1.59. The molecule has 1 heterocycles. The molecule has 8 heteroatoms. The monoisotopic (exact) mass is 484 g/mol. The first-order chi connectivity index (χ1) is 14.5. The standard InChI is InChI=1S/C24H32N2O4.2ClH/c1-18-5-7-19(8-6-18)17-26-13-11-25(12-14-26)10-9-21(27)20-15-22(28-2)24(30-4)23(16-20)29-3;;/h5-8,15-16H,9-14,17H2,1-4H3;2*1H. The van der Waals surface area contributed by atoms with E-state index in [-0.39, 0.29) is 30.6 Å². The number of hydrogen-bond donors (Lipinski definition) is 0. The molecule has 0 bridgehead atoms. The summed E-state index contributed by atoms with van der Waals surface area (Å²) in [6.45, 7) is 7.86. The minimum Gasteiger partial charge on any atom is -0.493 e. The van der Waals surface area contributed by atoms with Crippen molar-refractivity contribution in [2.75, 3.05) is 54.1 Å². The average molecular weight is 485 g/mol. The van der Waals surface area contributed by atoms with Crippen LogP contribution in [-0.2, 0) is 6.54 Å². The maximum atomic E-state index is 12.8. The topological polar surface area (TPSA) is 51.2 Å². The third kappa shape index (κ3) is 7.27. The van der Waals surface area contributed by atoms with Gasteiger partial charge in [-0.3, -0.25) is 9.69 Å². The number of methoxy groups -OCH3 is 3. The van der Waals surface area contributed by atoms with Crippen LogP contribution in [0, 0.1) is 6.92 Å². The fourth-order valence-electron chi connectivity index (χ4n) is 3.77. The molecule has 3 rings (SSSR count). The van der Waals surface area contributed by atoms with Crippen LogP contribution in [0.4, 0.5) is 0 Å². The molecule has 0 radical (unpaired) electrons. The third-order valence-electron chi connectivity index (χ3n) is 5.63. The highest BCUT2D eigenvalue weighted by atomic mass is 35.5. The highest BCUT2D eigenvalue weighted by molar-refractivity contribution is 5.97. The van der Waals surface area contributed by atoms with Crippen molar-refractivity contribution < 1.29 is 19.0 Å². The van der Waals surface area contributed by atoms with Gasteiger partial charge in [-0.25, -0.2) is 0 Å². The Balaban J connectivity index is 0.00000256. The summed E-state index contributed by atoms with van der Waals surface area (Å²) in [6.07, 6.45) is 0.469. The van der Waals surface area contributed by atoms with E-state index in [0.29, 0.717) is 29.2 Å². The first-order valence-electron chi connectivity index (χ1n) is 10.4. The number of piperazine rings is 1. The van der Waals surface area contributed by atoms with Gasteiger partial charge in [0.1, 0.15) is 0 Å². The molecule has 1 aliphatic rings. The molecule has 32 heavy (non-hydrogen) atoms. The predicted molar refractivity (Wildman–Crippen MR) is 132 cm³/mol. The fourth-order valence-corrected chi connectivity index (χ4v) is 3.77. The Bertz CT molecular complexity index is 829. The number of halogens is 2. The fraction of sp³-hybridized carbons (Fsp3) is 0.458. The van der Waals surface area contributed by atoms with Crippen molar-refractivity contribution >= 4 is 30.6 Å². The second-order valence-electron chi connectivity index (χ2n) is 7.69. The molecule has 0 aliphatic carbocycles. The van der Waals surface area contributed by atoms with E-state index in [1.54, 1.807) is 33.5 Å². The minimum absolute atomic E-state index is 0. The van der Waals surface area contributed by atoms with E-state index in [2.05, 4.69) is 41.0 Å². The molecule has 0 N–H and O–H groups in total. The Morgan fingerprint density at radius 1 is 0.844 bits per heavy atom. The summed E-state index contributed by atoms with van der Waals surface area (Å²) in [5, 5.41) is 0. The number of ether oxygens (including phenoxy) is 3. The molecule has 2 aromatic carbocycles. The normalized spacial score (nSPS) is 14.1. The average Bonchev–Trinajstić information content (AvgIpc) is 2.78. The van der Waals surface area contributed by atoms with E-state index in [4.69, 9.17) is 14.2 Å². The van der Waals surface area contributed by atoms with Crippen LogP contribution in [0.3, 0.4) is 0 Å². The molecule has 0 spiro atoms. The van der Waals surface area contributed by atoms with Gasteiger partial charge in [0.2, 0.25) is 5.75 Å². The van der Waals surface area contributed by atoms with Crippen LogP contribution in [0.2, 0.25) is 0 Å². The van der Waals surface area contributed by atoms with Gasteiger partial charge in [-0.1, -0.05) is 29.8 Å². The summed E-state index contributed by atoms with van der Waals surface area (Å²) in [7, 11) is 4.67. The Labute approximate surface area is 203 Å². The summed E-state index contributed by atoms with van der Waals surface area (Å²) >= 11 is 0. The number of aryl methyl sites for hydroxylation is 1. The van der Waals surface area contributed by atoms with Crippen molar-refractivity contribution in [1.82, 2.24) is 9.80 Å². The first-order valence-corrected chi connectivity index (χ1v) is 10.4. The molecular formula is C24H34Cl2N2O4. The van der Waals surface area contributed by atoms with Crippen molar-refractivity contribution in [3.63, 3.8) is 0 Å². The Kier molecular flexibility index (Phi) is 11.9. The number of nitrogens with zero attached hydrogens (tertiary/aromatic N) is 2. The molecule has 0 unspecified atom stereocenters. The number of carbonyl (C=O) groups is 1. The van der Waals surface area contributed by atoms with Crippen molar-refractivity contribution in [3.8, 4) is 17.2 Å². The smallest absolute Gasteiger partial charge is 0.203 e. The molecule has 2 aromatic rings. The minimum atomic E-state index is 0. The second kappa shape index (κ2) is 13.5. The van der Waals surface area contributed by atoms with E-state index >= 15 is 0 Å². The van der Waals surface area contributed by atoms with Crippen LogP contribution in [0.1, 0.15) is 27.9 Å². The number of Topliss-reactive ketones (excluding diaryl/α,β-unsaturated/α-hetero) is 1. The molecular weight excluding hydrogens is 451 g/mol. The van der Waals surface area contributed by atoms with Gasteiger partial charge in [-0.05, 0) is 24.6 Å². The molecule has 1 fully saturated rings. The molecule has 0 amide bonds. The highest BCUT2D eigenvalue weighted by Crippen LogP contribution is 2.38. The molecule has 0 aromatic heterocycles. The van der Waals surface area contributed by atoms with Gasteiger partial charge in [-0.2, -0.15) is 0 Å². The highest BCUT2D eigenvalue weighted by Gasteiger charge is 2.20. The van der Waals surface area contributed by atoms with Crippen molar-refractivity contribution in [2.24, 2.45) is 0 Å². The van der Waals surface area contributed by atoms with Crippen LogP contribution in [0.5, 0.6) is 17.2 Å². The quantitative estimate of drug-likeness (QED) is 0.495. The van der Waals surface area contributed by atoms with Gasteiger partial charge in [0.05, 0.1) is 21.3 Å². The van der Waals surface area contributed by atoms with Gasteiger partial charge >= 0.3 is 0 Å². The lowest BCUT2D eigenvalue weighted by molar-refractivity contribution is 0.0922. The Morgan fingerprint density at radius 2 is 1.38 bits per heavy atom. The zero-order valence-corrected chi connectivity index (χ0v) is 20.9. The zero-order valence-electron chi connectivity index (χ0n) is 19.3. The number of benzene rings is 2. The van der Waals surface area contributed by atoms with Gasteiger partial charge < -0.3 is 19.1 Å². The molecule has 6 nitrogen and oxygen atoms in total. The predicted octanol–water partition coefficient (Wildman–Crippen LogP) is 4.26. The molecule has 1 saturated heterocycles. The van der Waals surface area contributed by atoms with Crippen molar-refractivity contribution in [1.29, 1.82) is 0 Å². The zero-order chi connectivity index (χ0) is 21.5. The Morgan fingerprint density at radius 3 is 1.88 bits per heavy atom. The third-order valence-corrected chi connectivity index (χ3v) is 5.63. The Hall–Kier alpha value is -1.99. The SMILES string of the molecule is COc1cc(C(=O)CCN2CCN(Cc3ccc(C)cc3)CC2)cc(OC)c1OC.Cl.Cl. The lowest BCUT2D eigenvalue weighted by Gasteiger charge is -2.34. The number of ketones is 1. The van der Waals surface area contributed by atoms with Gasteiger partial charge in [-0.15, -0.1) is 24.8 Å². The second-order valence-corrected chi connectivity index (χ2v) is 7.69.